The molecule has 0 radical (unpaired) electrons. The van der Waals surface area contributed by atoms with Crippen LogP contribution in [-0.2, 0) is 4.79 Å². The van der Waals surface area contributed by atoms with Crippen LogP contribution in [0.5, 0.6) is 0 Å². The van der Waals surface area contributed by atoms with E-state index in [2.05, 4.69) is 20.6 Å². The van der Waals surface area contributed by atoms with Gasteiger partial charge in [0.15, 0.2) is 10.3 Å². The lowest BCUT2D eigenvalue weighted by atomic mass is 10.3. The van der Waals surface area contributed by atoms with Gasteiger partial charge in [-0.2, -0.15) is 0 Å². The van der Waals surface area contributed by atoms with Crippen LogP contribution in [0.4, 0.5) is 10.3 Å². The van der Waals surface area contributed by atoms with Gasteiger partial charge in [0, 0.05) is 25.4 Å². The highest BCUT2D eigenvalue weighted by Gasteiger charge is 2.18. The maximum atomic E-state index is 11.1. The Morgan fingerprint density at radius 3 is 2.80 bits per heavy atom. The normalized spacial score (nSPS) is 14.8. The zero-order valence-corrected chi connectivity index (χ0v) is 13.1. The molecule has 1 fully saturated rings. The van der Waals surface area contributed by atoms with Gasteiger partial charge in [0.2, 0.25) is 5.91 Å². The number of hydrogen-bond acceptors (Lipinski definition) is 6. The van der Waals surface area contributed by atoms with Crippen molar-refractivity contribution in [1.29, 1.82) is 0 Å². The Morgan fingerprint density at radius 2 is 2.10 bits per heavy atom. The monoisotopic (exact) mass is 308 g/mol. The van der Waals surface area contributed by atoms with E-state index in [0.717, 1.165) is 34.5 Å². The van der Waals surface area contributed by atoms with E-state index in [1.165, 1.54) is 31.1 Å². The molecule has 3 heterocycles. The molecule has 106 valence electrons. The molecule has 5 nitrogen and oxygen atoms in total. The number of anilines is 2. The molecule has 20 heavy (non-hydrogen) atoms. The Labute approximate surface area is 125 Å². The summed E-state index contributed by atoms with van der Waals surface area (Å²) in [6, 6.07) is 0. The summed E-state index contributed by atoms with van der Waals surface area (Å²) in [5.41, 5.74) is 1.88. The Bertz CT molecular complexity index is 628. The highest BCUT2D eigenvalue weighted by Crippen LogP contribution is 2.36. The van der Waals surface area contributed by atoms with E-state index in [1.807, 2.05) is 6.92 Å². The van der Waals surface area contributed by atoms with Gasteiger partial charge in [-0.3, -0.25) is 4.79 Å². The Kier molecular flexibility index (Phi) is 3.71. The molecule has 1 aliphatic heterocycles. The largest absolute Gasteiger partial charge is 0.348 e. The van der Waals surface area contributed by atoms with Gasteiger partial charge in [0.05, 0.1) is 16.3 Å². The molecule has 0 unspecified atom stereocenters. The number of carbonyl (C=O) groups is 1. The van der Waals surface area contributed by atoms with Gasteiger partial charge in [-0.15, -0.1) is 11.3 Å². The molecule has 0 atom stereocenters. The first kappa shape index (κ1) is 13.5. The Hall–Kier alpha value is -1.47. The van der Waals surface area contributed by atoms with E-state index in [-0.39, 0.29) is 5.91 Å². The predicted molar refractivity (Wildman–Crippen MR) is 83.7 cm³/mol. The molecular weight excluding hydrogens is 292 g/mol. The number of nitrogens with one attached hydrogen (secondary N) is 1. The molecule has 2 aromatic heterocycles. The average Bonchev–Trinajstić information content (AvgIpc) is 3.07. The highest BCUT2D eigenvalue weighted by molar-refractivity contribution is 7.19. The average molecular weight is 308 g/mol. The number of amides is 1. The van der Waals surface area contributed by atoms with Crippen LogP contribution >= 0.6 is 22.7 Å². The van der Waals surface area contributed by atoms with Crippen molar-refractivity contribution in [2.24, 2.45) is 0 Å². The van der Waals surface area contributed by atoms with Gasteiger partial charge < -0.3 is 10.2 Å². The van der Waals surface area contributed by atoms with Gasteiger partial charge in [-0.05, 0) is 19.8 Å². The molecular formula is C13H16N4OS2. The lowest BCUT2D eigenvalue weighted by molar-refractivity contribution is -0.114. The van der Waals surface area contributed by atoms with Crippen molar-refractivity contribution in [1.82, 2.24) is 9.97 Å². The van der Waals surface area contributed by atoms with Crippen molar-refractivity contribution in [3.05, 3.63) is 11.1 Å². The third-order valence-electron chi connectivity index (χ3n) is 3.18. The molecule has 0 saturated carbocycles. The first-order valence-electron chi connectivity index (χ1n) is 6.59. The summed E-state index contributed by atoms with van der Waals surface area (Å²) in [5.74, 6) is -0.0960. The molecule has 0 spiro atoms. The fourth-order valence-corrected chi connectivity index (χ4v) is 4.18. The predicted octanol–water partition coefficient (Wildman–Crippen LogP) is 3.13. The van der Waals surface area contributed by atoms with Crippen LogP contribution in [0.15, 0.2) is 5.38 Å². The van der Waals surface area contributed by atoms with Crippen LogP contribution in [0.1, 0.15) is 25.5 Å². The first-order valence-corrected chi connectivity index (χ1v) is 8.29. The van der Waals surface area contributed by atoms with Crippen LogP contribution in [0, 0.1) is 6.92 Å². The number of aryl methyl sites for hydroxylation is 1. The SMILES string of the molecule is CC(=O)Nc1nc(C)c(-c2csc(N3CCCC3)n2)s1. The van der Waals surface area contributed by atoms with Crippen molar-refractivity contribution in [2.75, 3.05) is 23.3 Å². The van der Waals surface area contributed by atoms with E-state index in [9.17, 15) is 4.79 Å². The maximum Gasteiger partial charge on any atom is 0.223 e. The molecule has 1 N–H and O–H groups in total. The quantitative estimate of drug-likeness (QED) is 0.946. The van der Waals surface area contributed by atoms with Crippen LogP contribution in [0.3, 0.4) is 0 Å². The third-order valence-corrected chi connectivity index (χ3v) is 5.18. The lowest BCUT2D eigenvalue weighted by Gasteiger charge is -2.12. The van der Waals surface area contributed by atoms with E-state index < -0.39 is 0 Å². The van der Waals surface area contributed by atoms with Crippen molar-refractivity contribution < 1.29 is 4.79 Å². The van der Waals surface area contributed by atoms with Crippen LogP contribution in [0.25, 0.3) is 10.6 Å². The van der Waals surface area contributed by atoms with Gasteiger partial charge in [0.1, 0.15) is 0 Å². The molecule has 1 aliphatic rings. The minimum absolute atomic E-state index is 0.0960. The zero-order valence-electron chi connectivity index (χ0n) is 11.5. The summed E-state index contributed by atoms with van der Waals surface area (Å²) in [5, 5.41) is 6.54. The summed E-state index contributed by atoms with van der Waals surface area (Å²) < 4.78 is 0. The topological polar surface area (TPSA) is 58.1 Å². The zero-order chi connectivity index (χ0) is 14.1. The van der Waals surface area contributed by atoms with Crippen LogP contribution in [-0.4, -0.2) is 29.0 Å². The summed E-state index contributed by atoms with van der Waals surface area (Å²) in [6.45, 7) is 5.65. The van der Waals surface area contributed by atoms with Crippen LogP contribution in [0.2, 0.25) is 0 Å². The van der Waals surface area contributed by atoms with E-state index in [0.29, 0.717) is 5.13 Å². The van der Waals surface area contributed by atoms with Gasteiger partial charge in [0.25, 0.3) is 0 Å². The minimum atomic E-state index is -0.0960. The van der Waals surface area contributed by atoms with Crippen molar-refractivity contribution in [3.8, 4) is 10.6 Å². The van der Waals surface area contributed by atoms with Crippen LogP contribution < -0.4 is 10.2 Å². The van der Waals surface area contributed by atoms with E-state index in [4.69, 9.17) is 4.98 Å². The standard InChI is InChI=1S/C13H16N4OS2/c1-8-11(20-12(14-8)15-9(2)18)10-7-19-13(16-10)17-5-3-4-6-17/h7H,3-6H2,1-2H3,(H,14,15,18). The Morgan fingerprint density at radius 1 is 1.35 bits per heavy atom. The van der Waals surface area contributed by atoms with Gasteiger partial charge >= 0.3 is 0 Å². The smallest absolute Gasteiger partial charge is 0.223 e. The highest BCUT2D eigenvalue weighted by atomic mass is 32.1. The second kappa shape index (κ2) is 5.49. The summed E-state index contributed by atoms with van der Waals surface area (Å²) >= 11 is 3.16. The van der Waals surface area contributed by atoms with E-state index >= 15 is 0 Å². The van der Waals surface area contributed by atoms with Gasteiger partial charge in [-0.1, -0.05) is 11.3 Å². The lowest BCUT2D eigenvalue weighted by Crippen LogP contribution is -2.17. The second-order valence-corrected chi connectivity index (χ2v) is 6.66. The number of aromatic nitrogens is 2. The minimum Gasteiger partial charge on any atom is -0.348 e. The molecule has 1 amide bonds. The molecule has 0 aliphatic carbocycles. The molecule has 3 rings (SSSR count). The second-order valence-electron chi connectivity index (χ2n) is 4.82. The number of thiazole rings is 2. The van der Waals surface area contributed by atoms with Crippen molar-refractivity contribution >= 4 is 38.8 Å². The van der Waals surface area contributed by atoms with Gasteiger partial charge in [-0.25, -0.2) is 9.97 Å². The third kappa shape index (κ3) is 2.69. The number of carbonyl (C=O) groups excluding carboxylic acids is 1. The molecule has 0 bridgehead atoms. The maximum absolute atomic E-state index is 11.1. The molecule has 2 aromatic rings. The number of rotatable bonds is 3. The molecule has 7 heteroatoms. The summed E-state index contributed by atoms with van der Waals surface area (Å²) in [6.07, 6.45) is 2.50. The van der Waals surface area contributed by atoms with E-state index in [1.54, 1.807) is 11.3 Å². The fraction of sp³-hybridized carbons (Fsp3) is 0.462. The molecule has 0 aromatic carbocycles. The van der Waals surface area contributed by atoms with Crippen molar-refractivity contribution in [2.45, 2.75) is 26.7 Å². The summed E-state index contributed by atoms with van der Waals surface area (Å²) in [4.78, 5) is 23.5. The number of nitrogens with zero attached hydrogens (tertiary/aromatic N) is 3. The Balaban J connectivity index is 1.85. The fourth-order valence-electron chi connectivity index (χ4n) is 2.26. The summed E-state index contributed by atoms with van der Waals surface area (Å²) in [7, 11) is 0. The molecule has 1 saturated heterocycles. The number of hydrogen-bond donors (Lipinski definition) is 1. The first-order chi connectivity index (χ1) is 9.63. The van der Waals surface area contributed by atoms with Crippen molar-refractivity contribution in [3.63, 3.8) is 0 Å².